The van der Waals surface area contributed by atoms with E-state index in [0.717, 1.165) is 5.69 Å². The first-order valence-corrected chi connectivity index (χ1v) is 3.55. The first-order chi connectivity index (χ1) is 4.72. The predicted octanol–water partition coefficient (Wildman–Crippen LogP) is 2.87. The van der Waals surface area contributed by atoms with Crippen molar-refractivity contribution in [2.75, 3.05) is 4.84 Å². The second-order valence-electron chi connectivity index (χ2n) is 2.47. The summed E-state index contributed by atoms with van der Waals surface area (Å²) in [6, 6.07) is 6.11. The monoisotopic (exact) mass is 155 g/mol. The molecule has 0 heterocycles. The van der Waals surface area contributed by atoms with E-state index in [-0.39, 0.29) is 0 Å². The highest BCUT2D eigenvalue weighted by Crippen LogP contribution is 2.13. The third kappa shape index (κ3) is 1.64. The summed E-state index contributed by atoms with van der Waals surface area (Å²) in [6.07, 6.45) is 0. The molecular formula is C8H10ClN. The molecule has 0 saturated heterocycles. The highest BCUT2D eigenvalue weighted by atomic mass is 35.5. The lowest BCUT2D eigenvalue weighted by Crippen LogP contribution is -1.83. The van der Waals surface area contributed by atoms with Crippen LogP contribution in [0.4, 0.5) is 5.69 Å². The van der Waals surface area contributed by atoms with Gasteiger partial charge in [0.05, 0.1) is 0 Å². The van der Waals surface area contributed by atoms with Gasteiger partial charge in [0.25, 0.3) is 0 Å². The van der Waals surface area contributed by atoms with E-state index in [0.29, 0.717) is 0 Å². The van der Waals surface area contributed by atoms with Gasteiger partial charge in [0.2, 0.25) is 0 Å². The molecule has 1 aromatic rings. The van der Waals surface area contributed by atoms with Crippen LogP contribution in [0.3, 0.4) is 0 Å². The van der Waals surface area contributed by atoms with Gasteiger partial charge >= 0.3 is 0 Å². The molecule has 1 rings (SSSR count). The van der Waals surface area contributed by atoms with Crippen LogP contribution in [0.15, 0.2) is 18.2 Å². The number of nitrogens with one attached hydrogen (secondary N) is 1. The SMILES string of the molecule is Cc1cc(C)cc(NCl)c1. The van der Waals surface area contributed by atoms with Gasteiger partial charge in [-0.1, -0.05) is 6.07 Å². The average molecular weight is 156 g/mol. The van der Waals surface area contributed by atoms with E-state index >= 15 is 0 Å². The third-order valence-electron chi connectivity index (χ3n) is 1.33. The smallest absolute Gasteiger partial charge is 0.0496 e. The maximum atomic E-state index is 5.42. The Labute approximate surface area is 66.1 Å². The van der Waals surface area contributed by atoms with Gasteiger partial charge < -0.3 is 0 Å². The highest BCUT2D eigenvalue weighted by molar-refractivity contribution is 6.23. The molecule has 10 heavy (non-hydrogen) atoms. The molecule has 0 aliphatic rings. The zero-order valence-electron chi connectivity index (χ0n) is 6.11. The minimum Gasteiger partial charge on any atom is -0.298 e. The van der Waals surface area contributed by atoms with Gasteiger partial charge in [0, 0.05) is 17.5 Å². The van der Waals surface area contributed by atoms with Crippen molar-refractivity contribution in [3.8, 4) is 0 Å². The number of rotatable bonds is 1. The zero-order valence-corrected chi connectivity index (χ0v) is 6.87. The third-order valence-corrected chi connectivity index (χ3v) is 1.55. The summed E-state index contributed by atoms with van der Waals surface area (Å²) in [7, 11) is 0. The molecule has 0 unspecified atom stereocenters. The molecule has 1 N–H and O–H groups in total. The molecule has 0 saturated carbocycles. The number of hydrogen-bond acceptors (Lipinski definition) is 1. The quantitative estimate of drug-likeness (QED) is 0.615. The number of halogens is 1. The van der Waals surface area contributed by atoms with E-state index < -0.39 is 0 Å². The van der Waals surface area contributed by atoms with Gasteiger partial charge in [-0.15, -0.1) is 0 Å². The highest BCUT2D eigenvalue weighted by Gasteiger charge is 1.91. The summed E-state index contributed by atoms with van der Waals surface area (Å²) in [5, 5.41) is 0. The molecule has 0 fully saturated rings. The van der Waals surface area contributed by atoms with Gasteiger partial charge in [-0.3, -0.25) is 4.84 Å². The van der Waals surface area contributed by atoms with Gasteiger partial charge in [0.15, 0.2) is 0 Å². The molecule has 0 spiro atoms. The van der Waals surface area contributed by atoms with Crippen LogP contribution in [-0.2, 0) is 0 Å². The molecular weight excluding hydrogens is 146 g/mol. The summed E-state index contributed by atoms with van der Waals surface area (Å²) < 4.78 is 0. The van der Waals surface area contributed by atoms with E-state index in [2.05, 4.69) is 10.9 Å². The minimum absolute atomic E-state index is 0.958. The Bertz CT molecular complexity index is 212. The van der Waals surface area contributed by atoms with E-state index in [4.69, 9.17) is 11.8 Å². The fourth-order valence-electron chi connectivity index (χ4n) is 1.03. The van der Waals surface area contributed by atoms with E-state index in [9.17, 15) is 0 Å². The molecule has 1 aromatic carbocycles. The van der Waals surface area contributed by atoms with E-state index in [1.807, 2.05) is 26.0 Å². The van der Waals surface area contributed by atoms with Crippen molar-refractivity contribution in [2.24, 2.45) is 0 Å². The van der Waals surface area contributed by atoms with Crippen LogP contribution < -0.4 is 4.84 Å². The van der Waals surface area contributed by atoms with E-state index in [1.165, 1.54) is 11.1 Å². The number of aryl methyl sites for hydroxylation is 2. The van der Waals surface area contributed by atoms with Crippen molar-refractivity contribution in [1.82, 2.24) is 0 Å². The predicted molar refractivity (Wildman–Crippen MR) is 45.4 cm³/mol. The minimum atomic E-state index is 0.958. The van der Waals surface area contributed by atoms with Crippen LogP contribution in [0.5, 0.6) is 0 Å². The summed E-state index contributed by atoms with van der Waals surface area (Å²) >= 11 is 5.42. The molecule has 0 amide bonds. The average Bonchev–Trinajstić information content (AvgIpc) is 1.85. The molecule has 0 aromatic heterocycles. The molecule has 1 nitrogen and oxygen atoms in total. The Morgan fingerprint density at radius 2 is 1.60 bits per heavy atom. The lowest BCUT2D eigenvalue weighted by atomic mass is 10.1. The number of hydrogen-bond donors (Lipinski definition) is 1. The van der Waals surface area contributed by atoms with Gasteiger partial charge in [-0.2, -0.15) is 0 Å². The van der Waals surface area contributed by atoms with Crippen molar-refractivity contribution in [2.45, 2.75) is 13.8 Å². The summed E-state index contributed by atoms with van der Waals surface area (Å²) in [4.78, 5) is 2.58. The van der Waals surface area contributed by atoms with Gasteiger partial charge in [-0.05, 0) is 37.1 Å². The van der Waals surface area contributed by atoms with E-state index in [1.54, 1.807) is 0 Å². The largest absolute Gasteiger partial charge is 0.298 e. The van der Waals surface area contributed by atoms with Crippen molar-refractivity contribution >= 4 is 17.5 Å². The lowest BCUT2D eigenvalue weighted by Gasteiger charge is -2.00. The number of anilines is 1. The molecule has 0 aliphatic heterocycles. The topological polar surface area (TPSA) is 12.0 Å². The maximum absolute atomic E-state index is 5.42. The first-order valence-electron chi connectivity index (χ1n) is 3.17. The normalized spacial score (nSPS) is 9.50. The summed E-state index contributed by atoms with van der Waals surface area (Å²) in [5.74, 6) is 0. The van der Waals surface area contributed by atoms with Crippen LogP contribution in [0.25, 0.3) is 0 Å². The first kappa shape index (κ1) is 7.42. The van der Waals surface area contributed by atoms with Gasteiger partial charge in [-0.25, -0.2) is 0 Å². The molecule has 2 heteroatoms. The Morgan fingerprint density at radius 3 is 2.00 bits per heavy atom. The standard InChI is InChI=1S/C8H10ClN/c1-6-3-7(2)5-8(4-6)10-9/h3-5,10H,1-2H3. The zero-order chi connectivity index (χ0) is 7.56. The van der Waals surface area contributed by atoms with Crippen LogP contribution in [-0.4, -0.2) is 0 Å². The van der Waals surface area contributed by atoms with Crippen molar-refractivity contribution < 1.29 is 0 Å². The Balaban J connectivity index is 3.06. The molecule has 54 valence electrons. The molecule has 0 aliphatic carbocycles. The summed E-state index contributed by atoms with van der Waals surface area (Å²) in [6.45, 7) is 4.09. The van der Waals surface area contributed by atoms with Crippen LogP contribution in [0.1, 0.15) is 11.1 Å². The second kappa shape index (κ2) is 2.93. The Hall–Kier alpha value is -0.690. The fourth-order valence-corrected chi connectivity index (χ4v) is 1.14. The van der Waals surface area contributed by atoms with Crippen molar-refractivity contribution in [1.29, 1.82) is 0 Å². The second-order valence-corrected chi connectivity index (χ2v) is 2.66. The molecule has 0 atom stereocenters. The van der Waals surface area contributed by atoms with Crippen LogP contribution >= 0.6 is 11.8 Å². The van der Waals surface area contributed by atoms with Gasteiger partial charge in [0.1, 0.15) is 0 Å². The van der Waals surface area contributed by atoms with Crippen LogP contribution in [0.2, 0.25) is 0 Å². The fraction of sp³-hybridized carbons (Fsp3) is 0.250. The summed E-state index contributed by atoms with van der Waals surface area (Å²) in [5.41, 5.74) is 3.41. The lowest BCUT2D eigenvalue weighted by molar-refractivity contribution is 1.39. The number of benzene rings is 1. The Morgan fingerprint density at radius 1 is 1.10 bits per heavy atom. The Kier molecular flexibility index (Phi) is 2.17. The van der Waals surface area contributed by atoms with Crippen molar-refractivity contribution in [3.63, 3.8) is 0 Å². The van der Waals surface area contributed by atoms with Crippen LogP contribution in [0, 0.1) is 13.8 Å². The maximum Gasteiger partial charge on any atom is 0.0496 e. The molecule has 0 bridgehead atoms. The molecule has 0 radical (unpaired) electrons. The van der Waals surface area contributed by atoms with Crippen molar-refractivity contribution in [3.05, 3.63) is 29.3 Å².